The van der Waals surface area contributed by atoms with E-state index in [4.69, 9.17) is 9.72 Å². The second-order valence-electron chi connectivity index (χ2n) is 8.19. The average Bonchev–Trinajstić information content (AvgIpc) is 3.68. The van der Waals surface area contributed by atoms with E-state index in [2.05, 4.69) is 5.32 Å². The Balaban J connectivity index is 1.41. The van der Waals surface area contributed by atoms with Crippen LogP contribution in [0.1, 0.15) is 40.4 Å². The van der Waals surface area contributed by atoms with Crippen molar-refractivity contribution in [1.29, 1.82) is 0 Å². The fourth-order valence-corrected chi connectivity index (χ4v) is 5.70. The number of para-hydroxylation sites is 1. The van der Waals surface area contributed by atoms with E-state index in [1.54, 1.807) is 24.3 Å². The molecule has 0 atom stereocenters. The number of carbonyl (C=O) groups excluding carboxylic acids is 1. The van der Waals surface area contributed by atoms with E-state index in [0.717, 1.165) is 29.4 Å². The number of fused-ring (bicyclic) bond motifs is 1. The van der Waals surface area contributed by atoms with Gasteiger partial charge >= 0.3 is 0 Å². The van der Waals surface area contributed by atoms with Gasteiger partial charge in [0.05, 0.1) is 29.2 Å². The van der Waals surface area contributed by atoms with Gasteiger partial charge in [0, 0.05) is 36.6 Å². The lowest BCUT2D eigenvalue weighted by Gasteiger charge is -2.27. The smallest absolute Gasteiger partial charge is 0.252 e. The molecule has 32 heavy (non-hydrogen) atoms. The summed E-state index contributed by atoms with van der Waals surface area (Å²) in [5.74, 6) is 0.189. The lowest BCUT2D eigenvalue weighted by atomic mass is 10.1. The Morgan fingerprint density at radius 2 is 1.78 bits per heavy atom. The van der Waals surface area contributed by atoms with Crippen molar-refractivity contribution in [2.75, 3.05) is 26.3 Å². The molecule has 1 saturated carbocycles. The van der Waals surface area contributed by atoms with Gasteiger partial charge < -0.3 is 10.1 Å². The van der Waals surface area contributed by atoms with Crippen LogP contribution in [0.4, 0.5) is 0 Å². The number of hydrogen-bond donors (Lipinski definition) is 1. The maximum absolute atomic E-state index is 13.2. The van der Waals surface area contributed by atoms with Crippen molar-refractivity contribution >= 4 is 26.8 Å². The van der Waals surface area contributed by atoms with E-state index < -0.39 is 10.0 Å². The van der Waals surface area contributed by atoms with Crippen LogP contribution in [0, 0.1) is 0 Å². The normalized spacial score (nSPS) is 17.4. The molecule has 7 nitrogen and oxygen atoms in total. The number of nitrogens with one attached hydrogen (secondary N) is 1. The van der Waals surface area contributed by atoms with Crippen molar-refractivity contribution in [1.82, 2.24) is 14.6 Å². The van der Waals surface area contributed by atoms with Crippen molar-refractivity contribution in [2.45, 2.75) is 30.2 Å². The summed E-state index contributed by atoms with van der Waals surface area (Å²) in [5, 5.41) is 3.73. The second kappa shape index (κ2) is 8.61. The third-order valence-electron chi connectivity index (χ3n) is 5.98. The molecule has 1 aliphatic heterocycles. The van der Waals surface area contributed by atoms with Gasteiger partial charge in [-0.1, -0.05) is 36.4 Å². The summed E-state index contributed by atoms with van der Waals surface area (Å²) in [6.07, 6.45) is 2.19. The number of nitrogens with zero attached hydrogens (tertiary/aromatic N) is 2. The zero-order valence-corrected chi connectivity index (χ0v) is 18.5. The Morgan fingerprint density at radius 3 is 2.56 bits per heavy atom. The number of benzene rings is 2. The van der Waals surface area contributed by atoms with Crippen LogP contribution in [0.2, 0.25) is 0 Å². The minimum Gasteiger partial charge on any atom is -0.379 e. The van der Waals surface area contributed by atoms with Crippen LogP contribution in [-0.4, -0.2) is 49.9 Å². The molecule has 1 amide bonds. The summed E-state index contributed by atoms with van der Waals surface area (Å²) in [6.45, 7) is 1.55. The summed E-state index contributed by atoms with van der Waals surface area (Å²) in [4.78, 5) is 18.1. The number of aromatic nitrogens is 1. The molecule has 1 aromatic heterocycles. The van der Waals surface area contributed by atoms with Crippen molar-refractivity contribution in [3.8, 4) is 0 Å². The van der Waals surface area contributed by atoms with Crippen LogP contribution in [0.3, 0.4) is 0 Å². The minimum atomic E-state index is -3.66. The molecule has 0 bridgehead atoms. The van der Waals surface area contributed by atoms with E-state index in [-0.39, 0.29) is 17.3 Å². The first-order valence-electron chi connectivity index (χ1n) is 10.9. The zero-order chi connectivity index (χ0) is 22.1. The largest absolute Gasteiger partial charge is 0.379 e. The molecule has 0 spiro atoms. The van der Waals surface area contributed by atoms with E-state index in [1.807, 2.05) is 30.3 Å². The monoisotopic (exact) mass is 451 g/mol. The molecule has 2 heterocycles. The first kappa shape index (κ1) is 21.1. The number of ether oxygens (including phenoxy) is 1. The lowest BCUT2D eigenvalue weighted by molar-refractivity contribution is 0.0730. The average molecular weight is 452 g/mol. The quantitative estimate of drug-likeness (QED) is 0.622. The molecule has 1 aliphatic carbocycles. The Bertz CT molecular complexity index is 1270. The first-order valence-corrected chi connectivity index (χ1v) is 12.3. The zero-order valence-electron chi connectivity index (χ0n) is 17.7. The van der Waals surface area contributed by atoms with Crippen LogP contribution >= 0.6 is 0 Å². The number of pyridine rings is 1. The van der Waals surface area contributed by atoms with Gasteiger partial charge in [-0.05, 0) is 36.6 Å². The molecule has 0 unspecified atom stereocenters. The lowest BCUT2D eigenvalue weighted by Crippen LogP contribution is -2.41. The number of hydrogen-bond acceptors (Lipinski definition) is 5. The van der Waals surface area contributed by atoms with Gasteiger partial charge in [-0.3, -0.25) is 9.78 Å². The Labute approximate surface area is 187 Å². The fourth-order valence-electron chi connectivity index (χ4n) is 4.07. The Morgan fingerprint density at radius 1 is 1.06 bits per heavy atom. The van der Waals surface area contributed by atoms with Crippen LogP contribution in [-0.2, 0) is 21.3 Å². The SMILES string of the molecule is O=C(NCc1ccccc1S(=O)(=O)N1CCOCC1)c1cc(C2CC2)nc2ccccc12. The molecule has 2 aliphatic rings. The van der Waals surface area contributed by atoms with E-state index in [1.165, 1.54) is 4.31 Å². The van der Waals surface area contributed by atoms with Crippen molar-refractivity contribution in [2.24, 2.45) is 0 Å². The first-order chi connectivity index (χ1) is 15.5. The summed E-state index contributed by atoms with van der Waals surface area (Å²) >= 11 is 0. The highest BCUT2D eigenvalue weighted by molar-refractivity contribution is 7.89. The third kappa shape index (κ3) is 4.13. The van der Waals surface area contributed by atoms with E-state index in [9.17, 15) is 13.2 Å². The Kier molecular flexibility index (Phi) is 5.67. The summed E-state index contributed by atoms with van der Waals surface area (Å²) in [7, 11) is -3.66. The van der Waals surface area contributed by atoms with Gasteiger partial charge in [-0.15, -0.1) is 0 Å². The maximum Gasteiger partial charge on any atom is 0.252 e. The molecule has 0 radical (unpaired) electrons. The highest BCUT2D eigenvalue weighted by Gasteiger charge is 2.29. The van der Waals surface area contributed by atoms with Gasteiger partial charge in [0.25, 0.3) is 5.91 Å². The number of carbonyl (C=O) groups is 1. The summed E-state index contributed by atoms with van der Waals surface area (Å²) < 4.78 is 33.1. The molecule has 1 N–H and O–H groups in total. The van der Waals surface area contributed by atoms with Gasteiger partial charge in [0.1, 0.15) is 0 Å². The maximum atomic E-state index is 13.2. The van der Waals surface area contributed by atoms with Crippen LogP contribution in [0.15, 0.2) is 59.5 Å². The van der Waals surface area contributed by atoms with Crippen LogP contribution < -0.4 is 5.32 Å². The van der Waals surface area contributed by atoms with Gasteiger partial charge in [-0.25, -0.2) is 8.42 Å². The van der Waals surface area contributed by atoms with Crippen molar-refractivity contribution in [3.05, 3.63) is 71.4 Å². The topological polar surface area (TPSA) is 88.6 Å². The molecule has 1 saturated heterocycles. The van der Waals surface area contributed by atoms with Gasteiger partial charge in [0.15, 0.2) is 0 Å². The van der Waals surface area contributed by atoms with Crippen molar-refractivity contribution < 1.29 is 17.9 Å². The molecule has 8 heteroatoms. The van der Waals surface area contributed by atoms with Gasteiger partial charge in [0.2, 0.25) is 10.0 Å². The van der Waals surface area contributed by atoms with Gasteiger partial charge in [-0.2, -0.15) is 4.31 Å². The standard InChI is InChI=1S/C24H25N3O4S/c28-24(20-15-22(17-9-10-17)26-21-7-3-2-6-19(20)21)25-16-18-5-1-4-8-23(18)32(29,30)27-11-13-31-14-12-27/h1-8,15,17H,9-14,16H2,(H,25,28). The molecular formula is C24H25N3O4S. The second-order valence-corrected chi connectivity index (χ2v) is 10.1. The predicted octanol–water partition coefficient (Wildman–Crippen LogP) is 3.06. The number of amides is 1. The number of morpholine rings is 1. The highest BCUT2D eigenvalue weighted by atomic mass is 32.2. The molecule has 166 valence electrons. The summed E-state index contributed by atoms with van der Waals surface area (Å²) in [6, 6.07) is 16.3. The van der Waals surface area contributed by atoms with Crippen molar-refractivity contribution in [3.63, 3.8) is 0 Å². The molecule has 3 aromatic rings. The van der Waals surface area contributed by atoms with Crippen LogP contribution in [0.5, 0.6) is 0 Å². The molecular weight excluding hydrogens is 426 g/mol. The van der Waals surface area contributed by atoms with Crippen LogP contribution in [0.25, 0.3) is 10.9 Å². The fraction of sp³-hybridized carbons (Fsp3) is 0.333. The highest BCUT2D eigenvalue weighted by Crippen LogP contribution is 2.40. The Hall–Kier alpha value is -2.81. The van der Waals surface area contributed by atoms with E-state index >= 15 is 0 Å². The summed E-state index contributed by atoms with van der Waals surface area (Å²) in [5.41, 5.74) is 2.89. The molecule has 2 aromatic carbocycles. The third-order valence-corrected chi connectivity index (χ3v) is 7.98. The van der Waals surface area contributed by atoms with E-state index in [0.29, 0.717) is 43.3 Å². The minimum absolute atomic E-state index is 0.119. The number of sulfonamides is 1. The molecule has 5 rings (SSSR count). The number of rotatable bonds is 6. The predicted molar refractivity (Wildman–Crippen MR) is 121 cm³/mol. The molecule has 2 fully saturated rings.